The number of halogens is 7. The van der Waals surface area contributed by atoms with E-state index in [9.17, 15) is 40.3 Å². The molecule has 0 spiro atoms. The predicted octanol–water partition coefficient (Wildman–Crippen LogP) is 9.53. The lowest BCUT2D eigenvalue weighted by Crippen LogP contribution is -2.17. The molecule has 3 aromatic carbocycles. The van der Waals surface area contributed by atoms with Crippen LogP contribution in [0.15, 0.2) is 91.2 Å². The van der Waals surface area contributed by atoms with Crippen LogP contribution in [0.4, 0.5) is 30.7 Å². The lowest BCUT2D eigenvalue weighted by molar-refractivity contribution is -0.275. The molecule has 0 fully saturated rings. The van der Waals surface area contributed by atoms with Crippen LogP contribution < -0.4 is 30.5 Å². The minimum atomic E-state index is -4.81. The second-order valence-corrected chi connectivity index (χ2v) is 13.0. The molecule has 0 saturated heterocycles. The van der Waals surface area contributed by atoms with Crippen LogP contribution in [-0.4, -0.2) is 58.7 Å². The van der Waals surface area contributed by atoms with Crippen molar-refractivity contribution in [3.63, 3.8) is 0 Å². The van der Waals surface area contributed by atoms with Crippen molar-refractivity contribution in [1.29, 1.82) is 0 Å². The number of rotatable bonds is 23. The van der Waals surface area contributed by atoms with E-state index in [0.717, 1.165) is 52.0 Å². The number of hydrogen-bond acceptors (Lipinski definition) is 11. The molecule has 0 aliphatic carbocycles. The molecule has 60 heavy (non-hydrogen) atoms. The van der Waals surface area contributed by atoms with Gasteiger partial charge in [0.05, 0.1) is 24.6 Å². The summed E-state index contributed by atoms with van der Waals surface area (Å²) in [5, 5.41) is 7.70. The van der Waals surface area contributed by atoms with Gasteiger partial charge in [-0.05, 0) is 72.6 Å². The lowest BCUT2D eigenvalue weighted by atomic mass is 10.1. The van der Waals surface area contributed by atoms with Crippen LogP contribution in [0.3, 0.4) is 0 Å². The average molecular weight is 859 g/mol. The number of benzene rings is 3. The maximum atomic E-state index is 12.8. The SMILES string of the molecule is CCCCCCCCCCCCOCCOc1nn(-c2ccc(OC(F)(F)F)cc2)c(=O)o1.O=c1oc(OCCc2ccc(F)cc2)nn1-c1ccc(OC(F)(F)F)cc1. The van der Waals surface area contributed by atoms with Gasteiger partial charge < -0.3 is 32.5 Å². The van der Waals surface area contributed by atoms with Crippen LogP contribution in [0.2, 0.25) is 0 Å². The Labute approximate surface area is 339 Å². The van der Waals surface area contributed by atoms with E-state index in [1.54, 1.807) is 12.1 Å². The van der Waals surface area contributed by atoms with E-state index in [2.05, 4.69) is 26.6 Å². The van der Waals surface area contributed by atoms with Crippen molar-refractivity contribution in [2.24, 2.45) is 0 Å². The van der Waals surface area contributed by atoms with Gasteiger partial charge in [-0.15, -0.1) is 26.3 Å². The van der Waals surface area contributed by atoms with E-state index in [4.69, 9.17) is 23.0 Å². The highest BCUT2D eigenvalue weighted by Gasteiger charge is 2.32. The van der Waals surface area contributed by atoms with Crippen LogP contribution in [0.1, 0.15) is 76.7 Å². The molecular formula is C40H45F7N4O9. The summed E-state index contributed by atoms with van der Waals surface area (Å²) in [6.45, 7) is 3.49. The number of nitrogens with zero attached hydrogens (tertiary/aromatic N) is 4. The Hall–Kier alpha value is -5.79. The summed E-state index contributed by atoms with van der Waals surface area (Å²) in [6.07, 6.45) is 2.89. The molecule has 0 aliphatic heterocycles. The van der Waals surface area contributed by atoms with Crippen LogP contribution >= 0.6 is 0 Å². The molecule has 0 amide bonds. The smallest absolute Gasteiger partial charge is 0.449 e. The van der Waals surface area contributed by atoms with Crippen molar-refractivity contribution >= 4 is 0 Å². The van der Waals surface area contributed by atoms with Gasteiger partial charge in [0.15, 0.2) is 0 Å². The van der Waals surface area contributed by atoms with Gasteiger partial charge in [-0.3, -0.25) is 0 Å². The maximum absolute atomic E-state index is 12.8. The third-order valence-electron chi connectivity index (χ3n) is 8.31. The third kappa shape index (κ3) is 17.6. The Morgan fingerprint density at radius 2 is 0.983 bits per heavy atom. The Bertz CT molecular complexity index is 2080. The van der Waals surface area contributed by atoms with Crippen molar-refractivity contribution in [2.45, 2.75) is 90.3 Å². The highest BCUT2D eigenvalue weighted by molar-refractivity contribution is 5.37. The summed E-state index contributed by atoms with van der Waals surface area (Å²) >= 11 is 0. The largest absolute Gasteiger partial charge is 0.573 e. The molecule has 5 rings (SSSR count). The Balaban J connectivity index is 0.000000269. The van der Waals surface area contributed by atoms with E-state index in [-0.39, 0.29) is 42.6 Å². The summed E-state index contributed by atoms with van der Waals surface area (Å²) in [5.41, 5.74) is 1.20. The normalized spacial score (nSPS) is 11.5. The van der Waals surface area contributed by atoms with Gasteiger partial charge in [-0.1, -0.05) is 87.0 Å². The minimum Gasteiger partial charge on any atom is -0.449 e. The Morgan fingerprint density at radius 1 is 0.550 bits per heavy atom. The van der Waals surface area contributed by atoms with Gasteiger partial charge in [0.1, 0.15) is 23.9 Å². The Kier molecular flexibility index (Phi) is 18.5. The summed E-state index contributed by atoms with van der Waals surface area (Å²) in [5.74, 6) is -2.87. The molecular weight excluding hydrogens is 813 g/mol. The van der Waals surface area contributed by atoms with Crippen LogP contribution in [-0.2, 0) is 11.2 Å². The van der Waals surface area contributed by atoms with E-state index in [0.29, 0.717) is 19.6 Å². The maximum Gasteiger partial charge on any atom is 0.573 e. The monoisotopic (exact) mass is 858 g/mol. The zero-order valence-electron chi connectivity index (χ0n) is 32.6. The first-order chi connectivity index (χ1) is 28.7. The third-order valence-corrected chi connectivity index (χ3v) is 8.31. The van der Waals surface area contributed by atoms with Crippen molar-refractivity contribution in [1.82, 2.24) is 19.6 Å². The quantitative estimate of drug-likeness (QED) is 0.0458. The summed E-state index contributed by atoms with van der Waals surface area (Å²) < 4.78 is 121. The summed E-state index contributed by atoms with van der Waals surface area (Å²) in [7, 11) is 0. The first-order valence-corrected chi connectivity index (χ1v) is 19.2. The second kappa shape index (κ2) is 23.7. The number of unbranched alkanes of at least 4 members (excludes halogenated alkanes) is 9. The zero-order valence-corrected chi connectivity index (χ0v) is 32.6. The predicted molar refractivity (Wildman–Crippen MR) is 201 cm³/mol. The van der Waals surface area contributed by atoms with Crippen molar-refractivity contribution in [2.75, 3.05) is 26.4 Å². The van der Waals surface area contributed by atoms with Gasteiger partial charge in [0.2, 0.25) is 0 Å². The molecule has 2 aromatic heterocycles. The molecule has 0 unspecified atom stereocenters. The van der Waals surface area contributed by atoms with Crippen molar-refractivity contribution in [3.8, 4) is 35.0 Å². The number of aromatic nitrogens is 4. The molecule has 0 radical (unpaired) electrons. The number of hydrogen-bond donors (Lipinski definition) is 0. The molecule has 0 atom stereocenters. The molecule has 0 saturated carbocycles. The van der Waals surface area contributed by atoms with E-state index in [1.807, 2.05) is 0 Å². The number of ether oxygens (including phenoxy) is 5. The van der Waals surface area contributed by atoms with Gasteiger partial charge in [-0.25, -0.2) is 14.0 Å². The summed E-state index contributed by atoms with van der Waals surface area (Å²) in [6, 6.07) is 15.0. The van der Waals surface area contributed by atoms with Gasteiger partial charge >= 0.3 is 36.4 Å². The topological polar surface area (TPSA) is 142 Å². The first kappa shape index (κ1) is 46.9. The Morgan fingerprint density at radius 3 is 1.43 bits per heavy atom. The molecule has 0 bridgehead atoms. The average Bonchev–Trinajstić information content (AvgIpc) is 3.76. The highest BCUT2D eigenvalue weighted by atomic mass is 19.4. The number of alkyl halides is 6. The highest BCUT2D eigenvalue weighted by Crippen LogP contribution is 2.25. The first-order valence-electron chi connectivity index (χ1n) is 19.2. The van der Waals surface area contributed by atoms with Crippen molar-refractivity contribution < 1.29 is 63.3 Å². The molecule has 0 N–H and O–H groups in total. The molecule has 20 heteroatoms. The fourth-order valence-corrected chi connectivity index (χ4v) is 5.43. The van der Waals surface area contributed by atoms with E-state index >= 15 is 0 Å². The minimum absolute atomic E-state index is 0.129. The van der Waals surface area contributed by atoms with E-state index in [1.165, 1.54) is 87.8 Å². The fourth-order valence-electron chi connectivity index (χ4n) is 5.43. The lowest BCUT2D eigenvalue weighted by Gasteiger charge is -2.08. The van der Waals surface area contributed by atoms with Gasteiger partial charge in [0.25, 0.3) is 0 Å². The molecule has 13 nitrogen and oxygen atoms in total. The zero-order chi connectivity index (χ0) is 43.4. The fraction of sp³-hybridized carbons (Fsp3) is 0.450. The standard InChI is InChI=1S/C23H33F3N2O5.C17H12F4N2O4/c1-2-3-4-5-6-7-8-9-10-11-16-30-17-18-31-21-27-28(22(29)32-21)19-12-14-20(15-13-19)33-23(24,25)26;18-12-3-1-11(2-4-12)9-10-25-15-22-23(16(24)26-15)13-5-7-14(8-6-13)27-17(19,20)21/h12-15H,2-11,16-18H2,1H3;1-8H,9-10H2. The van der Waals surface area contributed by atoms with Crippen molar-refractivity contribution in [3.05, 3.63) is 105 Å². The molecule has 0 aliphatic rings. The van der Waals surface area contributed by atoms with Gasteiger partial charge in [0, 0.05) is 13.0 Å². The van der Waals surface area contributed by atoms with Crippen LogP contribution in [0, 0.1) is 5.82 Å². The van der Waals surface area contributed by atoms with Crippen LogP contribution in [0.5, 0.6) is 23.7 Å². The molecule has 2 heterocycles. The molecule has 5 aromatic rings. The second-order valence-electron chi connectivity index (χ2n) is 13.0. The van der Waals surface area contributed by atoms with Crippen LogP contribution in [0.25, 0.3) is 11.4 Å². The van der Waals surface area contributed by atoms with E-state index < -0.39 is 35.7 Å². The van der Waals surface area contributed by atoms with Gasteiger partial charge in [-0.2, -0.15) is 9.36 Å². The summed E-state index contributed by atoms with van der Waals surface area (Å²) in [4.78, 5) is 23.7. The molecule has 328 valence electrons.